The predicted molar refractivity (Wildman–Crippen MR) is 83.1 cm³/mol. The molecule has 1 atom stereocenters. The highest BCUT2D eigenvalue weighted by Crippen LogP contribution is 2.22. The third kappa shape index (κ3) is 6.04. The molecule has 0 aromatic heterocycles. The zero-order chi connectivity index (χ0) is 15.8. The molecule has 0 heterocycles. The number of hydrogen-bond acceptors (Lipinski definition) is 3. The van der Waals surface area contributed by atoms with Crippen LogP contribution in [0, 0.1) is 5.92 Å². The Morgan fingerprint density at radius 3 is 2.33 bits per heavy atom. The van der Waals surface area contributed by atoms with Crippen LogP contribution in [0.2, 0.25) is 0 Å². The van der Waals surface area contributed by atoms with Crippen molar-refractivity contribution in [3.8, 4) is 0 Å². The first-order valence-electron chi connectivity index (χ1n) is 8.21. The van der Waals surface area contributed by atoms with E-state index in [1.165, 1.54) is 19.3 Å². The van der Waals surface area contributed by atoms with E-state index in [1.807, 2.05) is 25.7 Å². The minimum atomic E-state index is -0.878. The van der Waals surface area contributed by atoms with Crippen LogP contribution in [-0.2, 0) is 9.59 Å². The van der Waals surface area contributed by atoms with E-state index in [0.717, 1.165) is 12.8 Å². The van der Waals surface area contributed by atoms with Gasteiger partial charge in [0.25, 0.3) is 0 Å². The van der Waals surface area contributed by atoms with Gasteiger partial charge in [0.2, 0.25) is 5.91 Å². The summed E-state index contributed by atoms with van der Waals surface area (Å²) in [5.74, 6) is -0.564. The molecule has 21 heavy (non-hydrogen) atoms. The van der Waals surface area contributed by atoms with Gasteiger partial charge in [0.15, 0.2) is 0 Å². The first-order valence-corrected chi connectivity index (χ1v) is 8.21. The van der Waals surface area contributed by atoms with Crippen molar-refractivity contribution in [3.63, 3.8) is 0 Å². The molecule has 0 saturated heterocycles. The second-order valence-electron chi connectivity index (χ2n) is 6.37. The van der Waals surface area contributed by atoms with Gasteiger partial charge in [0.1, 0.15) is 6.04 Å². The molecule has 1 saturated carbocycles. The van der Waals surface area contributed by atoms with Crippen LogP contribution >= 0.6 is 0 Å². The maximum atomic E-state index is 12.4. The summed E-state index contributed by atoms with van der Waals surface area (Å²) in [4.78, 5) is 25.5. The molecule has 0 bridgehead atoms. The summed E-state index contributed by atoms with van der Waals surface area (Å²) < 4.78 is 0. The first-order chi connectivity index (χ1) is 9.95. The fourth-order valence-corrected chi connectivity index (χ4v) is 3.09. The Labute approximate surface area is 128 Å². The third-order valence-corrected chi connectivity index (χ3v) is 4.18. The average molecular weight is 298 g/mol. The molecule has 0 aliphatic heterocycles. The van der Waals surface area contributed by atoms with E-state index >= 15 is 0 Å². The van der Waals surface area contributed by atoms with E-state index < -0.39 is 12.0 Å². The number of rotatable bonds is 8. The van der Waals surface area contributed by atoms with Crippen LogP contribution in [0.25, 0.3) is 0 Å². The third-order valence-electron chi connectivity index (χ3n) is 4.18. The standard InChI is InChI=1S/C16H30N2O3/c1-4-18(13-8-6-5-7-9-13)15(19)11-17-14(16(20)21)10-12(2)3/h12-14,17H,4-11H2,1-3H3,(H,20,21). The minimum absolute atomic E-state index is 0.0272. The molecule has 5 nitrogen and oxygen atoms in total. The second-order valence-corrected chi connectivity index (χ2v) is 6.37. The zero-order valence-electron chi connectivity index (χ0n) is 13.6. The second kappa shape index (κ2) is 9.03. The average Bonchev–Trinajstić information content (AvgIpc) is 2.44. The Morgan fingerprint density at radius 2 is 1.86 bits per heavy atom. The lowest BCUT2D eigenvalue weighted by atomic mass is 9.94. The Balaban J connectivity index is 2.50. The molecule has 1 fully saturated rings. The molecule has 1 aliphatic carbocycles. The number of carboxylic acids is 1. The Kier molecular flexibility index (Phi) is 7.72. The minimum Gasteiger partial charge on any atom is -0.480 e. The lowest BCUT2D eigenvalue weighted by Crippen LogP contribution is -2.48. The summed E-state index contributed by atoms with van der Waals surface area (Å²) >= 11 is 0. The van der Waals surface area contributed by atoms with E-state index in [9.17, 15) is 14.7 Å². The van der Waals surface area contributed by atoms with Crippen molar-refractivity contribution in [1.29, 1.82) is 0 Å². The van der Waals surface area contributed by atoms with Crippen LogP contribution in [0.3, 0.4) is 0 Å². The lowest BCUT2D eigenvalue weighted by Gasteiger charge is -2.34. The first kappa shape index (κ1) is 18.0. The number of nitrogens with zero attached hydrogens (tertiary/aromatic N) is 1. The number of aliphatic carboxylic acids is 1. The molecule has 2 N–H and O–H groups in total. The van der Waals surface area contributed by atoms with Crippen molar-refractivity contribution in [2.75, 3.05) is 13.1 Å². The predicted octanol–water partition coefficient (Wildman–Crippen LogP) is 2.26. The number of likely N-dealkylation sites (N-methyl/N-ethyl adjacent to an activating group) is 1. The topological polar surface area (TPSA) is 69.6 Å². The summed E-state index contributed by atoms with van der Waals surface area (Å²) in [5.41, 5.74) is 0. The van der Waals surface area contributed by atoms with Crippen LogP contribution < -0.4 is 5.32 Å². The van der Waals surface area contributed by atoms with Gasteiger partial charge in [-0.2, -0.15) is 0 Å². The molecule has 1 unspecified atom stereocenters. The Hall–Kier alpha value is -1.10. The van der Waals surface area contributed by atoms with Crippen molar-refractivity contribution >= 4 is 11.9 Å². The number of nitrogens with one attached hydrogen (secondary N) is 1. The summed E-state index contributed by atoms with van der Waals surface area (Å²) in [6, 6.07) is -0.301. The number of hydrogen-bond donors (Lipinski definition) is 2. The van der Waals surface area contributed by atoms with Crippen molar-refractivity contribution in [3.05, 3.63) is 0 Å². The molecule has 122 valence electrons. The van der Waals surface area contributed by atoms with Gasteiger partial charge >= 0.3 is 5.97 Å². The van der Waals surface area contributed by atoms with E-state index in [-0.39, 0.29) is 18.4 Å². The molecule has 1 amide bonds. The van der Waals surface area contributed by atoms with Crippen molar-refractivity contribution in [2.45, 2.75) is 71.4 Å². The molecule has 1 rings (SSSR count). The number of carbonyl (C=O) groups excluding carboxylic acids is 1. The molecule has 0 spiro atoms. The van der Waals surface area contributed by atoms with Crippen LogP contribution in [0.1, 0.15) is 59.3 Å². The summed E-state index contributed by atoms with van der Waals surface area (Å²) in [7, 11) is 0. The molecule has 1 aliphatic rings. The molecule has 0 aromatic carbocycles. The Morgan fingerprint density at radius 1 is 1.24 bits per heavy atom. The van der Waals surface area contributed by atoms with Gasteiger partial charge in [-0.25, -0.2) is 0 Å². The van der Waals surface area contributed by atoms with Crippen LogP contribution in [0.15, 0.2) is 0 Å². The fourth-order valence-electron chi connectivity index (χ4n) is 3.09. The number of amides is 1. The van der Waals surface area contributed by atoms with Gasteiger partial charge in [-0.3, -0.25) is 14.9 Å². The maximum absolute atomic E-state index is 12.4. The normalized spacial score (nSPS) is 17.7. The van der Waals surface area contributed by atoms with Crippen LogP contribution in [0.4, 0.5) is 0 Å². The van der Waals surface area contributed by atoms with E-state index in [1.54, 1.807) is 0 Å². The number of carbonyl (C=O) groups is 2. The van der Waals surface area contributed by atoms with Crippen molar-refractivity contribution < 1.29 is 14.7 Å². The molecule has 0 aromatic rings. The summed E-state index contributed by atoms with van der Waals surface area (Å²) in [6.07, 6.45) is 6.33. The molecule has 0 radical (unpaired) electrons. The van der Waals surface area contributed by atoms with Gasteiger partial charge in [-0.1, -0.05) is 33.1 Å². The van der Waals surface area contributed by atoms with Crippen molar-refractivity contribution in [1.82, 2.24) is 10.2 Å². The lowest BCUT2D eigenvalue weighted by molar-refractivity contribution is -0.140. The highest BCUT2D eigenvalue weighted by Gasteiger charge is 2.25. The van der Waals surface area contributed by atoms with Gasteiger partial charge < -0.3 is 10.0 Å². The monoisotopic (exact) mass is 298 g/mol. The largest absolute Gasteiger partial charge is 0.480 e. The SMILES string of the molecule is CCN(C(=O)CNC(CC(C)C)C(=O)O)C1CCCCC1. The quantitative estimate of drug-likeness (QED) is 0.721. The fraction of sp³-hybridized carbons (Fsp3) is 0.875. The Bertz CT molecular complexity index is 338. The molecular weight excluding hydrogens is 268 g/mol. The van der Waals surface area contributed by atoms with Crippen LogP contribution in [-0.4, -0.2) is 47.1 Å². The zero-order valence-corrected chi connectivity index (χ0v) is 13.6. The number of carboxylic acid groups (broad SMARTS) is 1. The summed E-state index contributed by atoms with van der Waals surface area (Å²) in [5, 5.41) is 12.1. The maximum Gasteiger partial charge on any atom is 0.320 e. The van der Waals surface area contributed by atoms with E-state index in [4.69, 9.17) is 0 Å². The molecular formula is C16H30N2O3. The van der Waals surface area contributed by atoms with Gasteiger partial charge in [0.05, 0.1) is 6.54 Å². The van der Waals surface area contributed by atoms with Gasteiger partial charge in [-0.15, -0.1) is 0 Å². The van der Waals surface area contributed by atoms with Crippen molar-refractivity contribution in [2.24, 2.45) is 5.92 Å². The highest BCUT2D eigenvalue weighted by atomic mass is 16.4. The van der Waals surface area contributed by atoms with E-state index in [0.29, 0.717) is 19.0 Å². The smallest absolute Gasteiger partial charge is 0.320 e. The highest BCUT2D eigenvalue weighted by molar-refractivity contribution is 5.80. The summed E-state index contributed by atoms with van der Waals surface area (Å²) in [6.45, 7) is 6.79. The van der Waals surface area contributed by atoms with Gasteiger partial charge in [0, 0.05) is 12.6 Å². The van der Waals surface area contributed by atoms with E-state index in [2.05, 4.69) is 5.32 Å². The van der Waals surface area contributed by atoms with Crippen LogP contribution in [0.5, 0.6) is 0 Å². The van der Waals surface area contributed by atoms with Gasteiger partial charge in [-0.05, 0) is 32.1 Å². The molecule has 5 heteroatoms.